The molecule has 1 amide bonds. The summed E-state index contributed by atoms with van der Waals surface area (Å²) in [6.45, 7) is 1.44. The number of rotatable bonds is 4. The first-order valence-corrected chi connectivity index (χ1v) is 5.25. The van der Waals surface area contributed by atoms with Gasteiger partial charge >= 0.3 is 5.97 Å². The predicted molar refractivity (Wildman–Crippen MR) is 63.2 cm³/mol. The van der Waals surface area contributed by atoms with E-state index in [0.29, 0.717) is 5.56 Å². The Kier molecular flexibility index (Phi) is 4.23. The number of carboxylic acids is 1. The van der Waals surface area contributed by atoms with Crippen molar-refractivity contribution in [3.8, 4) is 0 Å². The lowest BCUT2D eigenvalue weighted by atomic mass is 10.1. The van der Waals surface area contributed by atoms with Crippen molar-refractivity contribution in [2.45, 2.75) is 19.0 Å². The van der Waals surface area contributed by atoms with Crippen LogP contribution in [0.15, 0.2) is 30.3 Å². The van der Waals surface area contributed by atoms with Crippen molar-refractivity contribution in [3.05, 3.63) is 35.9 Å². The van der Waals surface area contributed by atoms with E-state index in [1.165, 1.54) is 14.0 Å². The summed E-state index contributed by atoms with van der Waals surface area (Å²) in [5.74, 6) is -1.47. The molecule has 5 heteroatoms. The highest BCUT2D eigenvalue weighted by atomic mass is 16.4. The fourth-order valence-electron chi connectivity index (χ4n) is 1.38. The third kappa shape index (κ3) is 3.04. The number of carbonyl (C=O) groups is 2. The molecule has 0 aliphatic heterocycles. The van der Waals surface area contributed by atoms with Gasteiger partial charge in [-0.25, -0.2) is 4.79 Å². The molecule has 1 aromatic rings. The molecule has 0 aromatic heterocycles. The highest BCUT2D eigenvalue weighted by Crippen LogP contribution is 2.13. The van der Waals surface area contributed by atoms with Gasteiger partial charge in [-0.05, 0) is 12.5 Å². The first-order valence-electron chi connectivity index (χ1n) is 5.25. The molecule has 3 N–H and O–H groups in total. The molecule has 0 bridgehead atoms. The standard InChI is InChI=1S/C12H16N2O3/c1-8(12(16)17)14(2)11(15)10(13)9-6-4-3-5-7-9/h3-8,10H,13H2,1-2H3,(H,16,17). The van der Waals surface area contributed by atoms with E-state index in [0.717, 1.165) is 4.90 Å². The molecule has 0 heterocycles. The van der Waals surface area contributed by atoms with E-state index in [4.69, 9.17) is 10.8 Å². The lowest BCUT2D eigenvalue weighted by Crippen LogP contribution is -2.44. The lowest BCUT2D eigenvalue weighted by molar-refractivity contribution is -0.148. The van der Waals surface area contributed by atoms with Gasteiger partial charge in [0.05, 0.1) is 0 Å². The number of hydrogen-bond acceptors (Lipinski definition) is 3. The van der Waals surface area contributed by atoms with E-state index in [2.05, 4.69) is 0 Å². The Morgan fingerprint density at radius 2 is 1.82 bits per heavy atom. The summed E-state index contributed by atoms with van der Waals surface area (Å²) in [4.78, 5) is 23.8. The zero-order valence-corrected chi connectivity index (χ0v) is 9.83. The molecule has 0 saturated carbocycles. The smallest absolute Gasteiger partial charge is 0.326 e. The average Bonchev–Trinajstić information content (AvgIpc) is 2.36. The van der Waals surface area contributed by atoms with Crippen LogP contribution in [0.5, 0.6) is 0 Å². The van der Waals surface area contributed by atoms with Crippen LogP contribution in [0.1, 0.15) is 18.5 Å². The SMILES string of the molecule is CC(C(=O)O)N(C)C(=O)C(N)c1ccccc1. The number of carbonyl (C=O) groups excluding carboxylic acids is 1. The minimum atomic E-state index is -1.05. The highest BCUT2D eigenvalue weighted by molar-refractivity contribution is 5.87. The third-order valence-corrected chi connectivity index (χ3v) is 2.71. The molecular weight excluding hydrogens is 220 g/mol. The van der Waals surface area contributed by atoms with E-state index in [1.54, 1.807) is 24.3 Å². The summed E-state index contributed by atoms with van der Waals surface area (Å²) in [6, 6.07) is 7.14. The summed E-state index contributed by atoms with van der Waals surface area (Å²) in [6.07, 6.45) is 0. The maximum absolute atomic E-state index is 11.9. The summed E-state index contributed by atoms with van der Waals surface area (Å²) < 4.78 is 0. The molecule has 0 spiro atoms. The van der Waals surface area contributed by atoms with E-state index in [-0.39, 0.29) is 0 Å². The highest BCUT2D eigenvalue weighted by Gasteiger charge is 2.26. The summed E-state index contributed by atoms with van der Waals surface area (Å²) in [5.41, 5.74) is 6.46. The van der Waals surface area contributed by atoms with Gasteiger partial charge in [0, 0.05) is 7.05 Å². The van der Waals surface area contributed by atoms with Crippen molar-refractivity contribution in [2.24, 2.45) is 5.73 Å². The van der Waals surface area contributed by atoms with Crippen molar-refractivity contribution in [1.82, 2.24) is 4.90 Å². The fraction of sp³-hybridized carbons (Fsp3) is 0.333. The topological polar surface area (TPSA) is 83.6 Å². The van der Waals surface area contributed by atoms with Gasteiger partial charge in [-0.1, -0.05) is 30.3 Å². The Balaban J connectivity index is 2.80. The minimum Gasteiger partial charge on any atom is -0.480 e. The van der Waals surface area contributed by atoms with Gasteiger partial charge in [0.1, 0.15) is 12.1 Å². The number of likely N-dealkylation sites (N-methyl/N-ethyl adjacent to an activating group) is 1. The summed E-state index contributed by atoms with van der Waals surface area (Å²) in [5, 5.41) is 8.82. The van der Waals surface area contributed by atoms with Crippen LogP contribution < -0.4 is 5.73 Å². The van der Waals surface area contributed by atoms with Crippen molar-refractivity contribution in [1.29, 1.82) is 0 Å². The number of carboxylic acid groups (broad SMARTS) is 1. The van der Waals surface area contributed by atoms with Crippen LogP contribution in [0.25, 0.3) is 0 Å². The van der Waals surface area contributed by atoms with Crippen LogP contribution in [0.2, 0.25) is 0 Å². The second-order valence-electron chi connectivity index (χ2n) is 3.85. The first-order chi connectivity index (χ1) is 7.95. The normalized spacial score (nSPS) is 13.8. The number of benzene rings is 1. The van der Waals surface area contributed by atoms with Crippen LogP contribution in [-0.2, 0) is 9.59 Å². The molecule has 92 valence electrons. The van der Waals surface area contributed by atoms with E-state index >= 15 is 0 Å². The van der Waals surface area contributed by atoms with Crippen LogP contribution in [0.3, 0.4) is 0 Å². The van der Waals surface area contributed by atoms with Crippen molar-refractivity contribution in [3.63, 3.8) is 0 Å². The van der Waals surface area contributed by atoms with Crippen molar-refractivity contribution < 1.29 is 14.7 Å². The van der Waals surface area contributed by atoms with Gasteiger partial charge in [-0.15, -0.1) is 0 Å². The van der Waals surface area contributed by atoms with Gasteiger partial charge in [0.25, 0.3) is 0 Å². The summed E-state index contributed by atoms with van der Waals surface area (Å²) >= 11 is 0. The Hall–Kier alpha value is -1.88. The molecule has 2 atom stereocenters. The monoisotopic (exact) mass is 236 g/mol. The molecular formula is C12H16N2O3. The molecule has 0 aliphatic rings. The molecule has 0 saturated heterocycles. The number of nitrogens with two attached hydrogens (primary N) is 1. The van der Waals surface area contributed by atoms with Crippen LogP contribution in [-0.4, -0.2) is 35.0 Å². The number of aliphatic carboxylic acids is 1. The van der Waals surface area contributed by atoms with Crippen molar-refractivity contribution >= 4 is 11.9 Å². The maximum Gasteiger partial charge on any atom is 0.326 e. The van der Waals surface area contributed by atoms with Gasteiger partial charge < -0.3 is 15.7 Å². The molecule has 17 heavy (non-hydrogen) atoms. The third-order valence-electron chi connectivity index (χ3n) is 2.71. The fourth-order valence-corrected chi connectivity index (χ4v) is 1.38. The van der Waals surface area contributed by atoms with Crippen LogP contribution in [0.4, 0.5) is 0 Å². The molecule has 1 aromatic carbocycles. The minimum absolute atomic E-state index is 0.411. The Bertz CT molecular complexity index is 405. The zero-order chi connectivity index (χ0) is 13.0. The second kappa shape index (κ2) is 5.45. The van der Waals surface area contributed by atoms with Crippen molar-refractivity contribution in [2.75, 3.05) is 7.05 Å². The first kappa shape index (κ1) is 13.2. The second-order valence-corrected chi connectivity index (χ2v) is 3.85. The maximum atomic E-state index is 11.9. The number of nitrogens with zero attached hydrogens (tertiary/aromatic N) is 1. The molecule has 0 fully saturated rings. The lowest BCUT2D eigenvalue weighted by Gasteiger charge is -2.24. The molecule has 5 nitrogen and oxygen atoms in total. The molecule has 0 aliphatic carbocycles. The molecule has 2 unspecified atom stereocenters. The molecule has 0 radical (unpaired) electrons. The van der Waals surface area contributed by atoms with Crippen LogP contribution in [0, 0.1) is 0 Å². The van der Waals surface area contributed by atoms with E-state index < -0.39 is 24.0 Å². The predicted octanol–water partition coefficient (Wildman–Crippen LogP) is 0.618. The van der Waals surface area contributed by atoms with E-state index in [1.807, 2.05) is 6.07 Å². The van der Waals surface area contributed by atoms with Gasteiger partial charge in [-0.3, -0.25) is 4.79 Å². The van der Waals surface area contributed by atoms with E-state index in [9.17, 15) is 9.59 Å². The van der Waals surface area contributed by atoms with Gasteiger partial charge in [0.2, 0.25) is 5.91 Å². The Labute approximate surface area is 99.8 Å². The number of amides is 1. The van der Waals surface area contributed by atoms with Gasteiger partial charge in [-0.2, -0.15) is 0 Å². The van der Waals surface area contributed by atoms with Crippen LogP contribution >= 0.6 is 0 Å². The quantitative estimate of drug-likeness (QED) is 0.802. The Morgan fingerprint density at radius 3 is 2.29 bits per heavy atom. The molecule has 1 rings (SSSR count). The average molecular weight is 236 g/mol. The largest absolute Gasteiger partial charge is 0.480 e. The van der Waals surface area contributed by atoms with Gasteiger partial charge in [0.15, 0.2) is 0 Å². The number of hydrogen-bond donors (Lipinski definition) is 2. The zero-order valence-electron chi connectivity index (χ0n) is 9.83. The summed E-state index contributed by atoms with van der Waals surface area (Å²) in [7, 11) is 1.43. The Morgan fingerprint density at radius 1 is 1.29 bits per heavy atom.